The maximum Gasteiger partial charge on any atom is 0.271 e. The lowest BCUT2D eigenvalue weighted by Crippen LogP contribution is -2.40. The van der Waals surface area contributed by atoms with Crippen LogP contribution >= 0.6 is 11.6 Å². The van der Waals surface area contributed by atoms with Crippen molar-refractivity contribution in [3.8, 4) is 0 Å². The number of carbonyl (C=O) groups excluding carboxylic acids is 1. The Morgan fingerprint density at radius 2 is 2.21 bits per heavy atom. The molecule has 2 saturated carbocycles. The van der Waals surface area contributed by atoms with Crippen LogP contribution in [-0.2, 0) is 4.79 Å². The molecule has 2 aliphatic rings. The van der Waals surface area contributed by atoms with E-state index in [0.717, 1.165) is 11.8 Å². The van der Waals surface area contributed by atoms with Crippen molar-refractivity contribution < 1.29 is 9.72 Å². The molecule has 24 heavy (non-hydrogen) atoms. The molecule has 6 nitrogen and oxygen atoms in total. The van der Waals surface area contributed by atoms with Crippen molar-refractivity contribution >= 4 is 28.9 Å². The van der Waals surface area contributed by atoms with E-state index in [2.05, 4.69) is 17.6 Å². The Balaban J connectivity index is 1.50. The maximum atomic E-state index is 12.1. The fourth-order valence-electron chi connectivity index (χ4n) is 4.22. The van der Waals surface area contributed by atoms with E-state index in [1.54, 1.807) is 0 Å². The summed E-state index contributed by atoms with van der Waals surface area (Å²) in [4.78, 5) is 22.3. The minimum atomic E-state index is -0.518. The fraction of sp³-hybridized carbons (Fsp3) is 0.588. The van der Waals surface area contributed by atoms with Crippen LogP contribution in [0.3, 0.4) is 0 Å². The van der Waals surface area contributed by atoms with Gasteiger partial charge in [-0.25, -0.2) is 0 Å². The van der Waals surface area contributed by atoms with Crippen LogP contribution in [0.2, 0.25) is 5.02 Å². The molecular weight excluding hydrogens is 330 g/mol. The number of anilines is 1. The number of hydrogen-bond donors (Lipinski definition) is 2. The lowest BCUT2D eigenvalue weighted by Gasteiger charge is -2.28. The molecule has 0 saturated heterocycles. The first-order valence-corrected chi connectivity index (χ1v) is 8.79. The second-order valence-electron chi connectivity index (χ2n) is 6.98. The molecule has 0 heterocycles. The van der Waals surface area contributed by atoms with Gasteiger partial charge in [0.1, 0.15) is 0 Å². The third-order valence-corrected chi connectivity index (χ3v) is 5.77. The summed E-state index contributed by atoms with van der Waals surface area (Å²) in [6.45, 7) is 2.36. The predicted octanol–water partition coefficient (Wildman–Crippen LogP) is 3.60. The van der Waals surface area contributed by atoms with Gasteiger partial charge in [0, 0.05) is 18.2 Å². The average molecular weight is 352 g/mol. The molecule has 4 atom stereocenters. The smallest absolute Gasteiger partial charge is 0.271 e. The van der Waals surface area contributed by atoms with E-state index in [-0.39, 0.29) is 23.2 Å². The van der Waals surface area contributed by atoms with Crippen molar-refractivity contribution in [2.75, 3.05) is 11.9 Å². The molecule has 2 aliphatic carbocycles. The van der Waals surface area contributed by atoms with Crippen molar-refractivity contribution in [3.05, 3.63) is 33.3 Å². The Labute approximate surface area is 146 Å². The number of fused-ring (bicyclic) bond motifs is 2. The molecule has 0 spiro atoms. The summed E-state index contributed by atoms with van der Waals surface area (Å²) in [5.74, 6) is 2.17. The highest BCUT2D eigenvalue weighted by Gasteiger charge is 2.41. The summed E-state index contributed by atoms with van der Waals surface area (Å²) in [5, 5.41) is 16.9. The Morgan fingerprint density at radius 3 is 2.79 bits per heavy atom. The number of carbonyl (C=O) groups is 1. The summed E-state index contributed by atoms with van der Waals surface area (Å²) in [6.07, 6.45) is 5.31. The van der Waals surface area contributed by atoms with Crippen molar-refractivity contribution in [2.45, 2.75) is 38.6 Å². The van der Waals surface area contributed by atoms with Crippen LogP contribution in [0.4, 0.5) is 11.4 Å². The Hall–Kier alpha value is -1.66. The predicted molar refractivity (Wildman–Crippen MR) is 93.1 cm³/mol. The zero-order valence-corrected chi connectivity index (χ0v) is 14.4. The van der Waals surface area contributed by atoms with Gasteiger partial charge in [-0.15, -0.1) is 0 Å². The van der Waals surface area contributed by atoms with E-state index in [0.29, 0.717) is 17.6 Å². The molecule has 0 aliphatic heterocycles. The number of benzene rings is 1. The largest absolute Gasteiger partial charge is 0.324 e. The average Bonchev–Trinajstić information content (AvgIpc) is 3.17. The van der Waals surface area contributed by atoms with Gasteiger partial charge in [-0.05, 0) is 50.0 Å². The van der Waals surface area contributed by atoms with E-state index in [1.165, 1.54) is 43.9 Å². The van der Waals surface area contributed by atoms with E-state index < -0.39 is 4.92 Å². The fourth-order valence-corrected chi connectivity index (χ4v) is 4.45. The van der Waals surface area contributed by atoms with Gasteiger partial charge in [0.05, 0.1) is 22.2 Å². The van der Waals surface area contributed by atoms with Crippen LogP contribution in [0.5, 0.6) is 0 Å². The van der Waals surface area contributed by atoms with Crippen molar-refractivity contribution in [2.24, 2.45) is 17.8 Å². The van der Waals surface area contributed by atoms with E-state index in [1.807, 2.05) is 0 Å². The normalized spacial score (nSPS) is 26.3. The lowest BCUT2D eigenvalue weighted by molar-refractivity contribution is -0.384. The Kier molecular flexibility index (Phi) is 5.06. The van der Waals surface area contributed by atoms with Crippen LogP contribution in [0.15, 0.2) is 18.2 Å². The van der Waals surface area contributed by atoms with Gasteiger partial charge in [-0.2, -0.15) is 0 Å². The van der Waals surface area contributed by atoms with E-state index >= 15 is 0 Å². The molecule has 3 rings (SSSR count). The van der Waals surface area contributed by atoms with Gasteiger partial charge in [-0.1, -0.05) is 18.0 Å². The van der Waals surface area contributed by atoms with Gasteiger partial charge in [0.15, 0.2) is 0 Å². The zero-order chi connectivity index (χ0) is 17.3. The standard InChI is InChI=1S/C17H22ClN3O3/c1-10(14-7-11-2-3-12(14)6-11)19-9-17(22)20-16-5-4-13(21(23)24)8-15(16)18/h4-5,8,10-12,14,19H,2-3,6-7,9H2,1H3,(H,20,22). The summed E-state index contributed by atoms with van der Waals surface area (Å²) in [6, 6.07) is 4.34. The Morgan fingerprint density at radius 1 is 1.42 bits per heavy atom. The van der Waals surface area contributed by atoms with Crippen LogP contribution in [0.25, 0.3) is 0 Å². The summed E-state index contributed by atoms with van der Waals surface area (Å²) >= 11 is 5.99. The third-order valence-electron chi connectivity index (χ3n) is 5.46. The first kappa shape index (κ1) is 17.2. The quantitative estimate of drug-likeness (QED) is 0.605. The van der Waals surface area contributed by atoms with Crippen LogP contribution in [-0.4, -0.2) is 23.4 Å². The number of nitrogens with one attached hydrogen (secondary N) is 2. The SMILES string of the molecule is CC(NCC(=O)Nc1ccc([N+](=O)[O-])cc1Cl)C1CC2CCC1C2. The first-order valence-electron chi connectivity index (χ1n) is 8.41. The van der Waals surface area contributed by atoms with Crippen molar-refractivity contribution in [1.29, 1.82) is 0 Å². The van der Waals surface area contributed by atoms with Crippen molar-refractivity contribution in [1.82, 2.24) is 5.32 Å². The zero-order valence-electron chi connectivity index (χ0n) is 13.6. The van der Waals surface area contributed by atoms with Crippen LogP contribution in [0.1, 0.15) is 32.6 Å². The second-order valence-corrected chi connectivity index (χ2v) is 7.38. The highest BCUT2D eigenvalue weighted by atomic mass is 35.5. The molecule has 2 fully saturated rings. The number of nitro groups is 1. The molecule has 0 aromatic heterocycles. The van der Waals surface area contributed by atoms with Gasteiger partial charge in [0.25, 0.3) is 5.69 Å². The van der Waals surface area contributed by atoms with Gasteiger partial charge in [-0.3, -0.25) is 14.9 Å². The minimum Gasteiger partial charge on any atom is -0.324 e. The second kappa shape index (κ2) is 7.07. The lowest BCUT2D eigenvalue weighted by atomic mass is 9.84. The molecule has 4 unspecified atom stereocenters. The van der Waals surface area contributed by atoms with Gasteiger partial charge >= 0.3 is 0 Å². The monoisotopic (exact) mass is 351 g/mol. The number of nitro benzene ring substituents is 1. The summed E-state index contributed by atoms with van der Waals surface area (Å²) in [7, 11) is 0. The minimum absolute atomic E-state index is 0.0963. The molecule has 0 radical (unpaired) electrons. The highest BCUT2D eigenvalue weighted by Crippen LogP contribution is 2.49. The van der Waals surface area contributed by atoms with E-state index in [9.17, 15) is 14.9 Å². The maximum absolute atomic E-state index is 12.1. The number of non-ortho nitro benzene ring substituents is 1. The molecule has 2 N–H and O–H groups in total. The number of amides is 1. The van der Waals surface area contributed by atoms with Gasteiger partial charge < -0.3 is 10.6 Å². The number of rotatable bonds is 6. The number of halogens is 1. The molecule has 7 heteroatoms. The molecular formula is C17H22ClN3O3. The van der Waals surface area contributed by atoms with Crippen LogP contribution < -0.4 is 10.6 Å². The number of hydrogen-bond acceptors (Lipinski definition) is 4. The molecule has 1 amide bonds. The molecule has 1 aromatic rings. The highest BCUT2D eigenvalue weighted by molar-refractivity contribution is 6.34. The summed E-state index contributed by atoms with van der Waals surface area (Å²) in [5.41, 5.74) is 0.294. The molecule has 130 valence electrons. The topological polar surface area (TPSA) is 84.3 Å². The van der Waals surface area contributed by atoms with Gasteiger partial charge in [0.2, 0.25) is 5.91 Å². The van der Waals surface area contributed by atoms with Crippen molar-refractivity contribution in [3.63, 3.8) is 0 Å². The number of nitrogens with zero attached hydrogens (tertiary/aromatic N) is 1. The molecule has 2 bridgehead atoms. The Bertz CT molecular complexity index is 652. The van der Waals surface area contributed by atoms with E-state index in [4.69, 9.17) is 11.6 Å². The summed E-state index contributed by atoms with van der Waals surface area (Å²) < 4.78 is 0. The molecule has 1 aromatic carbocycles. The third kappa shape index (κ3) is 3.70. The van der Waals surface area contributed by atoms with Crippen LogP contribution in [0, 0.1) is 27.9 Å². The first-order chi connectivity index (χ1) is 11.4.